The first-order chi connectivity index (χ1) is 13.6. The Bertz CT molecular complexity index is 742. The average Bonchev–Trinajstić information content (AvgIpc) is 3.14. The molecule has 28 heavy (non-hydrogen) atoms. The van der Waals surface area contributed by atoms with E-state index < -0.39 is 0 Å². The van der Waals surface area contributed by atoms with Gasteiger partial charge in [0.15, 0.2) is 0 Å². The lowest BCUT2D eigenvalue weighted by Gasteiger charge is -2.38. The minimum Gasteiger partial charge on any atom is -0.400 e. The Morgan fingerprint density at radius 1 is 1.07 bits per heavy atom. The molecule has 4 heteroatoms. The van der Waals surface area contributed by atoms with Gasteiger partial charge in [0.2, 0.25) is 0 Å². The molecule has 2 aromatic carbocycles. The standard InChI is InChI=1S/C23H27FN2.CH4O/c1-17-3-5-19(6-4-17)22(20-7-9-21(24)10-8-20)26-14-12-23(16-26)15-25-13-11-18(23)2;1-2/h3-10,22,25H,2,11-16H2,1H3;2H,1H3/t22?,23-;/m0./s1. The maximum Gasteiger partial charge on any atom is 0.123 e. The molecular formula is C24H31FN2O. The van der Waals surface area contributed by atoms with Crippen LogP contribution in [0.1, 0.15) is 35.6 Å². The second kappa shape index (κ2) is 8.99. The smallest absolute Gasteiger partial charge is 0.123 e. The van der Waals surface area contributed by atoms with Crippen LogP contribution in [0.3, 0.4) is 0 Å². The van der Waals surface area contributed by atoms with Gasteiger partial charge in [-0.15, -0.1) is 0 Å². The summed E-state index contributed by atoms with van der Waals surface area (Å²) in [6.07, 6.45) is 2.21. The molecule has 0 amide bonds. The Kier molecular flexibility index (Phi) is 6.65. The van der Waals surface area contributed by atoms with E-state index in [0.717, 1.165) is 51.7 Å². The van der Waals surface area contributed by atoms with E-state index in [0.29, 0.717) is 0 Å². The van der Waals surface area contributed by atoms with Crippen molar-refractivity contribution in [2.45, 2.75) is 25.8 Å². The summed E-state index contributed by atoms with van der Waals surface area (Å²) in [5.41, 5.74) is 5.26. The van der Waals surface area contributed by atoms with E-state index in [1.165, 1.54) is 16.7 Å². The van der Waals surface area contributed by atoms with Crippen molar-refractivity contribution < 1.29 is 9.50 Å². The van der Waals surface area contributed by atoms with Crippen molar-refractivity contribution in [1.82, 2.24) is 10.2 Å². The number of benzene rings is 2. The lowest BCUT2D eigenvalue weighted by atomic mass is 9.76. The molecule has 0 saturated carbocycles. The number of aliphatic hydroxyl groups is 1. The average molecular weight is 383 g/mol. The number of hydrogen-bond acceptors (Lipinski definition) is 3. The van der Waals surface area contributed by atoms with Gasteiger partial charge in [0, 0.05) is 32.2 Å². The molecule has 1 spiro atoms. The van der Waals surface area contributed by atoms with E-state index in [1.54, 1.807) is 12.1 Å². The van der Waals surface area contributed by atoms with Gasteiger partial charge in [-0.3, -0.25) is 4.90 Å². The van der Waals surface area contributed by atoms with Crippen molar-refractivity contribution in [3.8, 4) is 0 Å². The Balaban J connectivity index is 0.00000109. The summed E-state index contributed by atoms with van der Waals surface area (Å²) in [6.45, 7) is 10.6. The Morgan fingerprint density at radius 2 is 1.68 bits per heavy atom. The van der Waals surface area contributed by atoms with Crippen LogP contribution in [0.25, 0.3) is 0 Å². The molecule has 0 aliphatic carbocycles. The number of likely N-dealkylation sites (tertiary alicyclic amines) is 1. The second-order valence-electron chi connectivity index (χ2n) is 7.90. The molecule has 150 valence electrons. The fraction of sp³-hybridized carbons (Fsp3) is 0.417. The summed E-state index contributed by atoms with van der Waals surface area (Å²) in [7, 11) is 1.00. The lowest BCUT2D eigenvalue weighted by molar-refractivity contribution is 0.231. The highest BCUT2D eigenvalue weighted by molar-refractivity contribution is 5.34. The van der Waals surface area contributed by atoms with Crippen molar-refractivity contribution in [1.29, 1.82) is 0 Å². The molecule has 1 unspecified atom stereocenters. The van der Waals surface area contributed by atoms with Gasteiger partial charge in [-0.1, -0.05) is 54.1 Å². The molecule has 2 aliphatic heterocycles. The minimum atomic E-state index is -0.181. The van der Waals surface area contributed by atoms with E-state index in [1.807, 2.05) is 12.1 Å². The molecule has 2 fully saturated rings. The summed E-state index contributed by atoms with van der Waals surface area (Å²) in [5.74, 6) is -0.181. The maximum atomic E-state index is 13.5. The van der Waals surface area contributed by atoms with Crippen molar-refractivity contribution in [2.75, 3.05) is 33.3 Å². The van der Waals surface area contributed by atoms with E-state index in [2.05, 4.69) is 48.0 Å². The zero-order valence-electron chi connectivity index (χ0n) is 16.9. The van der Waals surface area contributed by atoms with Crippen LogP contribution in [-0.2, 0) is 0 Å². The number of nitrogens with zero attached hydrogens (tertiary/aromatic N) is 1. The van der Waals surface area contributed by atoms with Gasteiger partial charge in [0.25, 0.3) is 0 Å². The van der Waals surface area contributed by atoms with Crippen molar-refractivity contribution >= 4 is 0 Å². The number of nitrogens with one attached hydrogen (secondary N) is 1. The predicted octanol–water partition coefficient (Wildman–Crippen LogP) is 4.07. The van der Waals surface area contributed by atoms with Gasteiger partial charge in [0.1, 0.15) is 5.82 Å². The molecule has 3 nitrogen and oxygen atoms in total. The maximum absolute atomic E-state index is 13.5. The Labute approximate surface area is 167 Å². The van der Waals surface area contributed by atoms with E-state index in [-0.39, 0.29) is 17.3 Å². The number of piperidine rings is 1. The van der Waals surface area contributed by atoms with Crippen LogP contribution in [-0.4, -0.2) is 43.3 Å². The first kappa shape index (κ1) is 20.7. The van der Waals surface area contributed by atoms with Crippen molar-refractivity contribution in [3.05, 3.63) is 83.2 Å². The van der Waals surface area contributed by atoms with Crippen molar-refractivity contribution in [3.63, 3.8) is 0 Å². The fourth-order valence-corrected chi connectivity index (χ4v) is 4.52. The monoisotopic (exact) mass is 382 g/mol. The summed E-state index contributed by atoms with van der Waals surface area (Å²) in [5, 5.41) is 10.6. The Hall–Kier alpha value is -2.01. The second-order valence-corrected chi connectivity index (χ2v) is 7.90. The van der Waals surface area contributed by atoms with E-state index >= 15 is 0 Å². The van der Waals surface area contributed by atoms with Crippen molar-refractivity contribution in [2.24, 2.45) is 5.41 Å². The first-order valence-electron chi connectivity index (χ1n) is 9.97. The molecule has 2 aliphatic rings. The molecular weight excluding hydrogens is 351 g/mol. The third-order valence-corrected chi connectivity index (χ3v) is 6.14. The SMILES string of the molecule is C=C1CCNC[C@]12CCN(C(c1ccc(C)cc1)c1ccc(F)cc1)C2.CO. The highest BCUT2D eigenvalue weighted by Crippen LogP contribution is 2.44. The zero-order valence-corrected chi connectivity index (χ0v) is 16.9. The van der Waals surface area contributed by atoms with Crippen LogP contribution in [0.15, 0.2) is 60.7 Å². The number of aryl methyl sites for hydroxylation is 1. The molecule has 4 rings (SSSR count). The normalized spacial score (nSPS) is 23.4. The summed E-state index contributed by atoms with van der Waals surface area (Å²) < 4.78 is 13.5. The molecule has 2 heterocycles. The zero-order chi connectivity index (χ0) is 20.1. The minimum absolute atomic E-state index is 0.158. The van der Waals surface area contributed by atoms with Crippen LogP contribution < -0.4 is 5.32 Å². The van der Waals surface area contributed by atoms with Crippen LogP contribution in [0, 0.1) is 18.2 Å². The molecule has 0 aromatic heterocycles. The number of rotatable bonds is 3. The third kappa shape index (κ3) is 4.19. The predicted molar refractivity (Wildman–Crippen MR) is 113 cm³/mol. The van der Waals surface area contributed by atoms with Gasteiger partial charge in [-0.2, -0.15) is 0 Å². The summed E-state index contributed by atoms with van der Waals surface area (Å²) in [4.78, 5) is 2.55. The molecule has 0 radical (unpaired) electrons. The summed E-state index contributed by atoms with van der Waals surface area (Å²) in [6, 6.07) is 15.9. The van der Waals surface area contributed by atoms with E-state index in [9.17, 15) is 4.39 Å². The van der Waals surface area contributed by atoms with Gasteiger partial charge in [-0.25, -0.2) is 4.39 Å². The third-order valence-electron chi connectivity index (χ3n) is 6.14. The number of halogens is 1. The lowest BCUT2D eigenvalue weighted by Crippen LogP contribution is -2.43. The first-order valence-corrected chi connectivity index (χ1v) is 9.97. The van der Waals surface area contributed by atoms with Crippen LogP contribution in [0.5, 0.6) is 0 Å². The summed E-state index contributed by atoms with van der Waals surface area (Å²) >= 11 is 0. The fourth-order valence-electron chi connectivity index (χ4n) is 4.52. The molecule has 2 atom stereocenters. The van der Waals surface area contributed by atoms with Crippen LogP contribution in [0.4, 0.5) is 4.39 Å². The van der Waals surface area contributed by atoms with Crippen LogP contribution in [0.2, 0.25) is 0 Å². The largest absolute Gasteiger partial charge is 0.400 e. The molecule has 2 N–H and O–H groups in total. The molecule has 0 bridgehead atoms. The molecule has 2 aromatic rings. The van der Waals surface area contributed by atoms with Gasteiger partial charge in [0.05, 0.1) is 6.04 Å². The van der Waals surface area contributed by atoms with Gasteiger partial charge in [-0.05, 0) is 49.6 Å². The number of aliphatic hydroxyl groups excluding tert-OH is 1. The topological polar surface area (TPSA) is 35.5 Å². The molecule has 2 saturated heterocycles. The Morgan fingerprint density at radius 3 is 2.29 bits per heavy atom. The van der Waals surface area contributed by atoms with Gasteiger partial charge >= 0.3 is 0 Å². The van der Waals surface area contributed by atoms with Crippen LogP contribution >= 0.6 is 0 Å². The quantitative estimate of drug-likeness (QED) is 0.786. The van der Waals surface area contributed by atoms with E-state index in [4.69, 9.17) is 5.11 Å². The van der Waals surface area contributed by atoms with Gasteiger partial charge < -0.3 is 10.4 Å². The highest BCUT2D eigenvalue weighted by Gasteiger charge is 2.43. The highest BCUT2D eigenvalue weighted by atomic mass is 19.1. The number of hydrogen-bond donors (Lipinski definition) is 2.